The number of alkyl carbamates (subject to hydrolysis) is 1. The van der Waals surface area contributed by atoms with Gasteiger partial charge in [-0.3, -0.25) is 0 Å². The molecule has 0 unspecified atom stereocenters. The monoisotopic (exact) mass is 230 g/mol. The zero-order chi connectivity index (χ0) is 12.1. The summed E-state index contributed by atoms with van der Waals surface area (Å²) >= 11 is 4.03. The first-order chi connectivity index (χ1) is 6.76. The molecule has 0 rings (SSSR count). The molecular formula is C10H18N2O2S. The maximum absolute atomic E-state index is 11.4. The zero-order valence-corrected chi connectivity index (χ0v) is 10.2. The summed E-state index contributed by atoms with van der Waals surface area (Å²) in [5.41, 5.74) is 5.00. The molecule has 0 spiro atoms. The molecule has 3 N–H and O–H groups in total. The molecule has 4 nitrogen and oxygen atoms in total. The van der Waals surface area contributed by atoms with Crippen molar-refractivity contribution in [3.8, 4) is 12.3 Å². The standard InChI is InChI=1S/C10H18N2O2S/c1-5-6-7(8(11)15)12-9(13)14-10(2,3)4/h1,7-8,15H,6,11H2,2-4H3,(H,12,13)/t7-,8-/m0/s1. The lowest BCUT2D eigenvalue weighted by Gasteiger charge is -2.24. The summed E-state index contributed by atoms with van der Waals surface area (Å²) in [6.07, 6.45) is 4.93. The SMILES string of the molecule is C#CC[C@H](NC(=O)OC(C)(C)C)[C@@H](N)S. The number of thiol groups is 1. The van der Waals surface area contributed by atoms with E-state index in [2.05, 4.69) is 23.9 Å². The van der Waals surface area contributed by atoms with Crippen molar-refractivity contribution in [3.63, 3.8) is 0 Å². The Bertz CT molecular complexity index is 253. The molecule has 2 atom stereocenters. The maximum atomic E-state index is 11.4. The Morgan fingerprint density at radius 3 is 2.53 bits per heavy atom. The van der Waals surface area contributed by atoms with Gasteiger partial charge in [0.1, 0.15) is 5.60 Å². The van der Waals surface area contributed by atoms with Crippen molar-refractivity contribution in [3.05, 3.63) is 0 Å². The van der Waals surface area contributed by atoms with Gasteiger partial charge >= 0.3 is 6.09 Å². The molecule has 86 valence electrons. The van der Waals surface area contributed by atoms with Crippen LogP contribution in [0.2, 0.25) is 0 Å². The van der Waals surface area contributed by atoms with Crippen LogP contribution in [0.4, 0.5) is 4.79 Å². The minimum Gasteiger partial charge on any atom is -0.444 e. The molecule has 0 heterocycles. The maximum Gasteiger partial charge on any atom is 0.407 e. The van der Waals surface area contributed by atoms with Crippen LogP contribution in [0.15, 0.2) is 0 Å². The van der Waals surface area contributed by atoms with Crippen LogP contribution < -0.4 is 11.1 Å². The molecule has 5 heteroatoms. The second-order valence-corrected chi connectivity index (χ2v) is 4.75. The Labute approximate surface area is 96.3 Å². The summed E-state index contributed by atoms with van der Waals surface area (Å²) in [6, 6.07) is -0.381. The lowest BCUT2D eigenvalue weighted by atomic mass is 10.2. The number of amides is 1. The number of nitrogens with one attached hydrogen (secondary N) is 1. The van der Waals surface area contributed by atoms with Gasteiger partial charge in [0.05, 0.1) is 11.4 Å². The number of ether oxygens (including phenoxy) is 1. The molecule has 0 fully saturated rings. The van der Waals surface area contributed by atoms with E-state index in [1.165, 1.54) is 0 Å². The number of carbonyl (C=O) groups excluding carboxylic acids is 1. The third kappa shape index (κ3) is 7.11. The normalized spacial score (nSPS) is 14.9. The van der Waals surface area contributed by atoms with Crippen molar-refractivity contribution >= 4 is 18.7 Å². The molecule has 0 saturated heterocycles. The van der Waals surface area contributed by atoms with Crippen molar-refractivity contribution in [2.45, 2.75) is 44.2 Å². The van der Waals surface area contributed by atoms with E-state index >= 15 is 0 Å². The van der Waals surface area contributed by atoms with Gasteiger partial charge in [0, 0.05) is 6.42 Å². The molecule has 0 aromatic rings. The molecule has 15 heavy (non-hydrogen) atoms. The Morgan fingerprint density at radius 2 is 2.20 bits per heavy atom. The van der Waals surface area contributed by atoms with Crippen LogP contribution in [-0.2, 0) is 4.74 Å². The van der Waals surface area contributed by atoms with Crippen molar-refractivity contribution in [2.24, 2.45) is 5.73 Å². The van der Waals surface area contributed by atoms with Crippen LogP contribution in [0.25, 0.3) is 0 Å². The van der Waals surface area contributed by atoms with Gasteiger partial charge < -0.3 is 15.8 Å². The van der Waals surface area contributed by atoms with Crippen molar-refractivity contribution in [2.75, 3.05) is 0 Å². The molecule has 0 aliphatic heterocycles. The number of hydrogen-bond donors (Lipinski definition) is 3. The molecule has 0 aliphatic rings. The quantitative estimate of drug-likeness (QED) is 0.387. The van der Waals surface area contributed by atoms with Crippen LogP contribution in [-0.4, -0.2) is 23.1 Å². The van der Waals surface area contributed by atoms with E-state index in [-0.39, 0.29) is 6.04 Å². The van der Waals surface area contributed by atoms with Gasteiger partial charge in [-0.25, -0.2) is 4.79 Å². The van der Waals surface area contributed by atoms with Crippen molar-refractivity contribution in [1.29, 1.82) is 0 Å². The first-order valence-electron chi connectivity index (χ1n) is 4.63. The van der Waals surface area contributed by atoms with E-state index in [0.29, 0.717) is 6.42 Å². The summed E-state index contributed by atoms with van der Waals surface area (Å²) in [7, 11) is 0. The van der Waals surface area contributed by atoms with E-state index in [1.807, 2.05) is 0 Å². The lowest BCUT2D eigenvalue weighted by Crippen LogP contribution is -2.46. The Hall–Kier alpha value is -0.860. The van der Waals surface area contributed by atoms with E-state index < -0.39 is 17.1 Å². The van der Waals surface area contributed by atoms with Crippen LogP contribution in [0.1, 0.15) is 27.2 Å². The Balaban J connectivity index is 4.19. The highest BCUT2D eigenvalue weighted by Crippen LogP contribution is 2.08. The van der Waals surface area contributed by atoms with Gasteiger partial charge in [-0.2, -0.15) is 12.6 Å². The summed E-state index contributed by atoms with van der Waals surface area (Å²) < 4.78 is 5.06. The minimum absolute atomic E-state index is 0.323. The van der Waals surface area contributed by atoms with Gasteiger partial charge in [0.15, 0.2) is 0 Å². The van der Waals surface area contributed by atoms with Crippen molar-refractivity contribution < 1.29 is 9.53 Å². The smallest absolute Gasteiger partial charge is 0.407 e. The van der Waals surface area contributed by atoms with Crippen LogP contribution in [0.5, 0.6) is 0 Å². The molecule has 0 aromatic heterocycles. The second kappa shape index (κ2) is 5.89. The third-order valence-corrected chi connectivity index (χ3v) is 1.81. The average molecular weight is 230 g/mol. The third-order valence-electron chi connectivity index (χ3n) is 1.45. The molecule has 0 aliphatic carbocycles. The number of hydrogen-bond acceptors (Lipinski definition) is 4. The summed E-state index contributed by atoms with van der Waals surface area (Å²) in [5, 5.41) is 2.06. The fraction of sp³-hybridized carbons (Fsp3) is 0.700. The highest BCUT2D eigenvalue weighted by atomic mass is 32.1. The van der Waals surface area contributed by atoms with Gasteiger partial charge in [-0.15, -0.1) is 12.3 Å². The summed E-state index contributed by atoms with van der Waals surface area (Å²) in [4.78, 5) is 11.4. The summed E-state index contributed by atoms with van der Waals surface area (Å²) in [5.74, 6) is 2.42. The average Bonchev–Trinajstić information content (AvgIpc) is 1.99. The molecule has 0 bridgehead atoms. The van der Waals surface area contributed by atoms with E-state index in [0.717, 1.165) is 0 Å². The number of terminal acetylenes is 1. The van der Waals surface area contributed by atoms with Crippen LogP contribution >= 0.6 is 12.6 Å². The number of rotatable bonds is 3. The topological polar surface area (TPSA) is 64.3 Å². The highest BCUT2D eigenvalue weighted by Gasteiger charge is 2.21. The molecule has 0 radical (unpaired) electrons. The fourth-order valence-corrected chi connectivity index (χ4v) is 1.02. The van der Waals surface area contributed by atoms with Gasteiger partial charge in [-0.1, -0.05) is 0 Å². The predicted octanol–water partition coefficient (Wildman–Crippen LogP) is 1.12. The Kier molecular flexibility index (Phi) is 5.55. The number of carbonyl (C=O) groups is 1. The van der Waals surface area contributed by atoms with E-state index in [4.69, 9.17) is 16.9 Å². The van der Waals surface area contributed by atoms with Crippen molar-refractivity contribution in [1.82, 2.24) is 5.32 Å². The Morgan fingerprint density at radius 1 is 1.67 bits per heavy atom. The minimum atomic E-state index is -0.536. The van der Waals surface area contributed by atoms with Crippen LogP contribution in [0, 0.1) is 12.3 Å². The predicted molar refractivity (Wildman–Crippen MR) is 63.6 cm³/mol. The van der Waals surface area contributed by atoms with Crippen LogP contribution in [0.3, 0.4) is 0 Å². The largest absolute Gasteiger partial charge is 0.444 e. The zero-order valence-electron chi connectivity index (χ0n) is 9.28. The van der Waals surface area contributed by atoms with E-state index in [1.54, 1.807) is 20.8 Å². The van der Waals surface area contributed by atoms with Gasteiger partial charge in [0.2, 0.25) is 0 Å². The molecule has 0 saturated carbocycles. The molecule has 1 amide bonds. The highest BCUT2D eigenvalue weighted by molar-refractivity contribution is 7.80. The fourth-order valence-electron chi connectivity index (χ4n) is 0.843. The molecule has 0 aromatic carbocycles. The lowest BCUT2D eigenvalue weighted by molar-refractivity contribution is 0.0505. The van der Waals surface area contributed by atoms with E-state index in [9.17, 15) is 4.79 Å². The first-order valence-corrected chi connectivity index (χ1v) is 5.14. The summed E-state index contributed by atoms with van der Waals surface area (Å²) in [6.45, 7) is 5.34. The second-order valence-electron chi connectivity index (χ2n) is 4.15. The first kappa shape index (κ1) is 14.1. The van der Waals surface area contributed by atoms with Gasteiger partial charge in [0.25, 0.3) is 0 Å². The number of nitrogens with two attached hydrogens (primary N) is 1. The van der Waals surface area contributed by atoms with Gasteiger partial charge in [-0.05, 0) is 20.8 Å². The molecular weight excluding hydrogens is 212 g/mol.